The van der Waals surface area contributed by atoms with Crippen LogP contribution in [0.1, 0.15) is 25.0 Å². The average molecular weight is 365 g/mol. The third kappa shape index (κ3) is 6.58. The molecule has 4 nitrogen and oxygen atoms in total. The predicted octanol–water partition coefficient (Wildman–Crippen LogP) is 3.78. The molecule has 2 aromatic rings. The highest BCUT2D eigenvalue weighted by atomic mass is 35.5. The molecule has 0 aliphatic heterocycles. The van der Waals surface area contributed by atoms with Crippen molar-refractivity contribution in [1.82, 2.24) is 10.9 Å². The quantitative estimate of drug-likeness (QED) is 0.664. The van der Waals surface area contributed by atoms with Crippen LogP contribution in [0.25, 0.3) is 0 Å². The average Bonchev–Trinajstić information content (AvgIpc) is 2.61. The van der Waals surface area contributed by atoms with E-state index in [1.165, 1.54) is 11.1 Å². The summed E-state index contributed by atoms with van der Waals surface area (Å²) in [6.07, 6.45) is 1.80. The van der Waals surface area contributed by atoms with Gasteiger partial charge in [-0.2, -0.15) is 0 Å². The summed E-state index contributed by atoms with van der Waals surface area (Å²) in [5.41, 5.74) is 9.20. The second-order valence-electron chi connectivity index (χ2n) is 6.12. The summed E-state index contributed by atoms with van der Waals surface area (Å²) in [5.74, 6) is 1.88. The fourth-order valence-corrected chi connectivity index (χ4v) is 2.79. The van der Waals surface area contributed by atoms with E-state index in [9.17, 15) is 0 Å². The number of halogens is 1. The van der Waals surface area contributed by atoms with Gasteiger partial charge in [0.05, 0.1) is 14.2 Å². The monoisotopic (exact) mass is 364 g/mol. The number of benzene rings is 2. The maximum Gasteiger partial charge on any atom is 0.122 e. The van der Waals surface area contributed by atoms with Gasteiger partial charge in [0.15, 0.2) is 0 Å². The molecule has 2 unspecified atom stereocenters. The third-order valence-electron chi connectivity index (χ3n) is 4.01. The minimum atomic E-state index is 0. The van der Waals surface area contributed by atoms with Crippen molar-refractivity contribution in [1.29, 1.82) is 0 Å². The summed E-state index contributed by atoms with van der Waals surface area (Å²) < 4.78 is 10.8. The van der Waals surface area contributed by atoms with E-state index in [2.05, 4.69) is 36.8 Å². The summed E-state index contributed by atoms with van der Waals surface area (Å²) in [6, 6.07) is 16.9. The zero-order valence-electron chi connectivity index (χ0n) is 15.4. The Morgan fingerprint density at radius 2 is 1.08 bits per heavy atom. The predicted molar refractivity (Wildman–Crippen MR) is 106 cm³/mol. The normalized spacial score (nSPS) is 12.8. The molecule has 0 amide bonds. The molecule has 0 radical (unpaired) electrons. The number of para-hydroxylation sites is 2. The van der Waals surface area contributed by atoms with Crippen LogP contribution in [0, 0.1) is 0 Å². The molecule has 0 aliphatic rings. The lowest BCUT2D eigenvalue weighted by Gasteiger charge is -2.21. The molecule has 5 heteroatoms. The van der Waals surface area contributed by atoms with E-state index < -0.39 is 0 Å². The molecular formula is C20H29ClN2O2. The molecule has 0 fully saturated rings. The van der Waals surface area contributed by atoms with Gasteiger partial charge in [-0.15, -0.1) is 12.4 Å². The molecule has 0 aromatic heterocycles. The van der Waals surface area contributed by atoms with E-state index in [0.717, 1.165) is 24.3 Å². The van der Waals surface area contributed by atoms with Gasteiger partial charge < -0.3 is 9.47 Å². The molecule has 0 spiro atoms. The van der Waals surface area contributed by atoms with Crippen LogP contribution in [0.2, 0.25) is 0 Å². The molecular weight excluding hydrogens is 336 g/mol. The lowest BCUT2D eigenvalue weighted by molar-refractivity contribution is 0.375. The summed E-state index contributed by atoms with van der Waals surface area (Å²) in [6.45, 7) is 4.32. The Morgan fingerprint density at radius 3 is 1.44 bits per heavy atom. The molecule has 2 aromatic carbocycles. The van der Waals surface area contributed by atoms with Gasteiger partial charge in [0.1, 0.15) is 11.5 Å². The van der Waals surface area contributed by atoms with E-state index in [-0.39, 0.29) is 12.4 Å². The first-order valence-corrected chi connectivity index (χ1v) is 8.39. The van der Waals surface area contributed by atoms with E-state index in [0.29, 0.717) is 12.1 Å². The van der Waals surface area contributed by atoms with Crippen LogP contribution < -0.4 is 20.3 Å². The standard InChI is InChI=1S/C20H28N2O2.ClH/c1-15(13-17-9-5-7-11-19(17)23-3)21-22-16(2)14-18-10-6-8-12-20(18)24-4;/h5-12,15-16,21-22H,13-14H2,1-4H3;1H. The molecule has 2 N–H and O–H groups in total. The Bertz CT molecular complexity index is 581. The Kier molecular flexibility index (Phi) is 9.35. The SMILES string of the molecule is COc1ccccc1CC(C)NNC(C)Cc1ccccc1OC.Cl. The molecule has 0 saturated carbocycles. The first-order valence-electron chi connectivity index (χ1n) is 8.39. The van der Waals surface area contributed by atoms with Crippen molar-refractivity contribution >= 4 is 12.4 Å². The van der Waals surface area contributed by atoms with Crippen LogP contribution in [0.4, 0.5) is 0 Å². The van der Waals surface area contributed by atoms with Gasteiger partial charge in [0.25, 0.3) is 0 Å². The Hall–Kier alpha value is -1.75. The number of hydrogen-bond donors (Lipinski definition) is 2. The van der Waals surface area contributed by atoms with Crippen LogP contribution in [0.15, 0.2) is 48.5 Å². The van der Waals surface area contributed by atoms with Gasteiger partial charge in [-0.3, -0.25) is 10.9 Å². The van der Waals surface area contributed by atoms with Gasteiger partial charge >= 0.3 is 0 Å². The maximum absolute atomic E-state index is 5.41. The van der Waals surface area contributed by atoms with E-state index in [4.69, 9.17) is 9.47 Å². The van der Waals surface area contributed by atoms with Crippen molar-refractivity contribution in [2.24, 2.45) is 0 Å². The molecule has 2 atom stereocenters. The minimum Gasteiger partial charge on any atom is -0.496 e. The molecule has 0 bridgehead atoms. The summed E-state index contributed by atoms with van der Waals surface area (Å²) >= 11 is 0. The summed E-state index contributed by atoms with van der Waals surface area (Å²) in [5, 5.41) is 0. The first-order chi connectivity index (χ1) is 11.6. The fraction of sp³-hybridized carbons (Fsp3) is 0.400. The summed E-state index contributed by atoms with van der Waals surface area (Å²) in [7, 11) is 3.43. The van der Waals surface area contributed by atoms with Crippen LogP contribution in [-0.4, -0.2) is 26.3 Å². The zero-order chi connectivity index (χ0) is 17.4. The van der Waals surface area contributed by atoms with Crippen LogP contribution >= 0.6 is 12.4 Å². The highest BCUT2D eigenvalue weighted by Gasteiger charge is 2.11. The molecule has 0 saturated heterocycles. The number of rotatable bonds is 9. The van der Waals surface area contributed by atoms with Crippen molar-refractivity contribution in [2.75, 3.05) is 14.2 Å². The van der Waals surface area contributed by atoms with E-state index in [1.807, 2.05) is 36.4 Å². The molecule has 0 heterocycles. The van der Waals surface area contributed by atoms with Gasteiger partial charge in [-0.25, -0.2) is 0 Å². The van der Waals surface area contributed by atoms with Gasteiger partial charge in [-0.1, -0.05) is 36.4 Å². The first kappa shape index (κ1) is 21.3. The Balaban J connectivity index is 0.00000312. The van der Waals surface area contributed by atoms with Crippen molar-refractivity contribution in [3.05, 3.63) is 59.7 Å². The van der Waals surface area contributed by atoms with Crippen molar-refractivity contribution < 1.29 is 9.47 Å². The van der Waals surface area contributed by atoms with E-state index in [1.54, 1.807) is 14.2 Å². The topological polar surface area (TPSA) is 42.5 Å². The number of ether oxygens (including phenoxy) is 2. The molecule has 0 aliphatic carbocycles. The lowest BCUT2D eigenvalue weighted by atomic mass is 10.1. The van der Waals surface area contributed by atoms with Crippen molar-refractivity contribution in [3.63, 3.8) is 0 Å². The van der Waals surface area contributed by atoms with Gasteiger partial charge in [0, 0.05) is 12.1 Å². The molecule has 25 heavy (non-hydrogen) atoms. The van der Waals surface area contributed by atoms with E-state index >= 15 is 0 Å². The molecule has 2 rings (SSSR count). The maximum atomic E-state index is 5.41. The smallest absolute Gasteiger partial charge is 0.122 e. The number of nitrogens with one attached hydrogen (secondary N) is 2. The third-order valence-corrected chi connectivity index (χ3v) is 4.01. The Morgan fingerprint density at radius 1 is 0.720 bits per heavy atom. The lowest BCUT2D eigenvalue weighted by Crippen LogP contribution is -2.46. The number of methoxy groups -OCH3 is 2. The number of hydrazine groups is 1. The van der Waals surface area contributed by atoms with Crippen LogP contribution in [0.5, 0.6) is 11.5 Å². The Labute approximate surface area is 157 Å². The van der Waals surface area contributed by atoms with Crippen LogP contribution in [0.3, 0.4) is 0 Å². The zero-order valence-corrected chi connectivity index (χ0v) is 16.2. The largest absolute Gasteiger partial charge is 0.496 e. The molecule has 138 valence electrons. The highest BCUT2D eigenvalue weighted by molar-refractivity contribution is 5.85. The van der Waals surface area contributed by atoms with Crippen LogP contribution in [-0.2, 0) is 12.8 Å². The second kappa shape index (κ2) is 11.0. The number of hydrogen-bond acceptors (Lipinski definition) is 4. The van der Waals surface area contributed by atoms with Gasteiger partial charge in [-0.05, 0) is 49.9 Å². The second-order valence-corrected chi connectivity index (χ2v) is 6.12. The summed E-state index contributed by atoms with van der Waals surface area (Å²) in [4.78, 5) is 0. The van der Waals surface area contributed by atoms with Gasteiger partial charge in [0.2, 0.25) is 0 Å². The van der Waals surface area contributed by atoms with Crippen molar-refractivity contribution in [3.8, 4) is 11.5 Å². The van der Waals surface area contributed by atoms with Crippen molar-refractivity contribution in [2.45, 2.75) is 38.8 Å². The minimum absolute atomic E-state index is 0. The fourth-order valence-electron chi connectivity index (χ4n) is 2.79. The highest BCUT2D eigenvalue weighted by Crippen LogP contribution is 2.20.